The molecule has 1 fully saturated rings. The number of aliphatic hydroxyl groups excluding tert-OH is 1. The Bertz CT molecular complexity index is 219. The molecule has 1 amide bonds. The summed E-state index contributed by atoms with van der Waals surface area (Å²) in [5.41, 5.74) is 0. The number of likely N-dealkylation sites (tertiary alicyclic amines) is 1. The van der Waals surface area contributed by atoms with Gasteiger partial charge >= 0.3 is 0 Å². The minimum Gasteiger partial charge on any atom is -0.389 e. The van der Waals surface area contributed by atoms with Crippen LogP contribution in [0.15, 0.2) is 0 Å². The normalized spacial score (nSPS) is 17.7. The molecule has 15 heavy (non-hydrogen) atoms. The summed E-state index contributed by atoms with van der Waals surface area (Å²) in [5.74, 6) is 1.22. The number of nitrogens with zero attached hydrogens (tertiary/aromatic N) is 1. The van der Waals surface area contributed by atoms with Crippen molar-refractivity contribution < 1.29 is 9.90 Å². The van der Waals surface area contributed by atoms with E-state index in [1.807, 2.05) is 11.8 Å². The lowest BCUT2D eigenvalue weighted by atomic mass is 10.1. The third kappa shape index (κ3) is 4.89. The highest BCUT2D eigenvalue weighted by atomic mass is 32.2. The predicted molar refractivity (Wildman–Crippen MR) is 64.0 cm³/mol. The van der Waals surface area contributed by atoms with Crippen molar-refractivity contribution in [3.05, 3.63) is 0 Å². The summed E-state index contributed by atoms with van der Waals surface area (Å²) in [6, 6.07) is 0. The highest BCUT2D eigenvalue weighted by Gasteiger charge is 2.27. The van der Waals surface area contributed by atoms with Gasteiger partial charge in [-0.05, 0) is 12.2 Å². The van der Waals surface area contributed by atoms with E-state index < -0.39 is 0 Å². The Balaban J connectivity index is 2.03. The zero-order valence-corrected chi connectivity index (χ0v) is 10.6. The number of carbonyl (C=O) groups excluding carboxylic acids is 1. The number of carbonyl (C=O) groups is 1. The molecule has 0 bridgehead atoms. The molecule has 0 unspecified atom stereocenters. The summed E-state index contributed by atoms with van der Waals surface area (Å²) in [7, 11) is 0. The van der Waals surface area contributed by atoms with Crippen LogP contribution in [0.2, 0.25) is 0 Å². The highest BCUT2D eigenvalue weighted by Crippen LogP contribution is 2.24. The van der Waals surface area contributed by atoms with Gasteiger partial charge in [-0.25, -0.2) is 0 Å². The van der Waals surface area contributed by atoms with Crippen molar-refractivity contribution in [1.29, 1.82) is 0 Å². The van der Waals surface area contributed by atoms with Crippen LogP contribution < -0.4 is 0 Å². The number of hydrogen-bond donors (Lipinski definition) is 1. The van der Waals surface area contributed by atoms with Crippen LogP contribution in [0.25, 0.3) is 0 Å². The van der Waals surface area contributed by atoms with Crippen molar-refractivity contribution in [2.24, 2.45) is 0 Å². The van der Waals surface area contributed by atoms with E-state index in [1.54, 1.807) is 4.90 Å². The van der Waals surface area contributed by atoms with E-state index in [2.05, 4.69) is 20.8 Å². The van der Waals surface area contributed by atoms with Crippen LogP contribution in [0.3, 0.4) is 0 Å². The molecular weight excluding hydrogens is 210 g/mol. The predicted octanol–water partition coefficient (Wildman–Crippen LogP) is 1.50. The summed E-state index contributed by atoms with van der Waals surface area (Å²) in [6.07, 6.45) is 1.28. The molecule has 0 saturated carbocycles. The smallest absolute Gasteiger partial charge is 0.222 e. The van der Waals surface area contributed by atoms with E-state index in [0.29, 0.717) is 19.5 Å². The molecule has 3 nitrogen and oxygen atoms in total. The van der Waals surface area contributed by atoms with Crippen LogP contribution in [-0.2, 0) is 4.79 Å². The topological polar surface area (TPSA) is 40.5 Å². The number of aliphatic hydroxyl groups is 1. The molecule has 1 N–H and O–H groups in total. The second kappa shape index (κ2) is 5.21. The molecule has 0 aliphatic carbocycles. The van der Waals surface area contributed by atoms with Crippen LogP contribution >= 0.6 is 11.8 Å². The zero-order valence-electron chi connectivity index (χ0n) is 9.82. The lowest BCUT2D eigenvalue weighted by Gasteiger charge is -2.36. The van der Waals surface area contributed by atoms with Crippen molar-refractivity contribution in [3.63, 3.8) is 0 Å². The second-order valence-electron chi connectivity index (χ2n) is 5.02. The Labute approximate surface area is 96.2 Å². The highest BCUT2D eigenvalue weighted by molar-refractivity contribution is 8.00. The Morgan fingerprint density at radius 2 is 2.07 bits per heavy atom. The summed E-state index contributed by atoms with van der Waals surface area (Å²) in [6.45, 7) is 7.62. The average Bonchev–Trinajstić information content (AvgIpc) is 2.05. The fourth-order valence-corrected chi connectivity index (χ4v) is 2.32. The van der Waals surface area contributed by atoms with Gasteiger partial charge in [0.2, 0.25) is 5.91 Å². The van der Waals surface area contributed by atoms with Crippen LogP contribution in [0.5, 0.6) is 0 Å². The van der Waals surface area contributed by atoms with Gasteiger partial charge in [-0.1, -0.05) is 20.8 Å². The van der Waals surface area contributed by atoms with E-state index >= 15 is 0 Å². The van der Waals surface area contributed by atoms with Gasteiger partial charge in [0.05, 0.1) is 6.10 Å². The van der Waals surface area contributed by atoms with Gasteiger partial charge in [0.25, 0.3) is 0 Å². The lowest BCUT2D eigenvalue weighted by molar-refractivity contribution is -0.141. The van der Waals surface area contributed by atoms with E-state index in [0.717, 1.165) is 12.2 Å². The molecular formula is C11H21NO2S. The Hall–Kier alpha value is -0.220. The van der Waals surface area contributed by atoms with E-state index in [9.17, 15) is 4.79 Å². The van der Waals surface area contributed by atoms with Crippen LogP contribution in [0, 0.1) is 0 Å². The van der Waals surface area contributed by atoms with Gasteiger partial charge in [0.1, 0.15) is 0 Å². The molecule has 1 heterocycles. The number of rotatable bonds is 4. The minimum absolute atomic E-state index is 0.190. The summed E-state index contributed by atoms with van der Waals surface area (Å²) < 4.78 is 0.288. The molecule has 1 aliphatic heterocycles. The molecule has 0 spiro atoms. The molecule has 1 aliphatic rings. The summed E-state index contributed by atoms with van der Waals surface area (Å²) in [4.78, 5) is 13.2. The molecule has 1 rings (SSSR count). The van der Waals surface area contributed by atoms with Crippen LogP contribution in [0.4, 0.5) is 0 Å². The first-order valence-corrected chi connectivity index (χ1v) is 6.47. The number of β-amino-alcohol motifs (C(OH)–C–C–N with tert-alkyl or cyclic N) is 1. The molecule has 0 aromatic carbocycles. The van der Waals surface area contributed by atoms with E-state index in [-0.39, 0.29) is 16.8 Å². The average molecular weight is 231 g/mol. The second-order valence-corrected chi connectivity index (χ2v) is 6.94. The van der Waals surface area contributed by atoms with Gasteiger partial charge < -0.3 is 10.0 Å². The molecule has 0 aromatic heterocycles. The third-order valence-corrected chi connectivity index (χ3v) is 3.64. The van der Waals surface area contributed by atoms with Crippen molar-refractivity contribution >= 4 is 17.7 Å². The Morgan fingerprint density at radius 3 is 2.53 bits per heavy atom. The number of hydrogen-bond acceptors (Lipinski definition) is 3. The van der Waals surface area contributed by atoms with Gasteiger partial charge in [-0.15, -0.1) is 0 Å². The van der Waals surface area contributed by atoms with Gasteiger partial charge in [-0.2, -0.15) is 11.8 Å². The van der Waals surface area contributed by atoms with E-state index in [1.165, 1.54) is 0 Å². The van der Waals surface area contributed by atoms with Crippen molar-refractivity contribution in [2.45, 2.75) is 44.5 Å². The van der Waals surface area contributed by atoms with Crippen molar-refractivity contribution in [2.75, 3.05) is 18.8 Å². The first-order valence-electron chi connectivity index (χ1n) is 5.48. The lowest BCUT2D eigenvalue weighted by Crippen LogP contribution is -2.53. The van der Waals surface area contributed by atoms with Gasteiger partial charge in [0.15, 0.2) is 0 Å². The van der Waals surface area contributed by atoms with Crippen molar-refractivity contribution in [1.82, 2.24) is 4.90 Å². The van der Waals surface area contributed by atoms with Crippen molar-refractivity contribution in [3.8, 4) is 0 Å². The fraction of sp³-hybridized carbons (Fsp3) is 0.909. The van der Waals surface area contributed by atoms with Gasteiger partial charge in [-0.3, -0.25) is 4.79 Å². The Kier molecular flexibility index (Phi) is 4.46. The molecule has 1 saturated heterocycles. The zero-order chi connectivity index (χ0) is 11.5. The SMILES string of the molecule is CC(C)(C)SCCCC(=O)N1CC(O)C1. The maximum Gasteiger partial charge on any atom is 0.222 e. The Morgan fingerprint density at radius 1 is 1.47 bits per heavy atom. The standard InChI is InChI=1S/C11H21NO2S/c1-11(2,3)15-6-4-5-10(14)12-7-9(13)8-12/h9,13H,4-8H2,1-3H3. The number of thioether (sulfide) groups is 1. The molecule has 0 atom stereocenters. The first kappa shape index (κ1) is 12.8. The molecule has 0 aromatic rings. The van der Waals surface area contributed by atoms with Crippen LogP contribution in [-0.4, -0.2) is 45.6 Å². The fourth-order valence-electron chi connectivity index (χ4n) is 1.42. The van der Waals surface area contributed by atoms with E-state index in [4.69, 9.17) is 5.11 Å². The molecule has 88 valence electrons. The van der Waals surface area contributed by atoms with Gasteiger partial charge in [0, 0.05) is 24.3 Å². The maximum absolute atomic E-state index is 11.5. The largest absolute Gasteiger partial charge is 0.389 e. The molecule has 4 heteroatoms. The minimum atomic E-state index is -0.280. The maximum atomic E-state index is 11.5. The summed E-state index contributed by atoms with van der Waals surface area (Å²) in [5, 5.41) is 9.05. The van der Waals surface area contributed by atoms with Crippen LogP contribution in [0.1, 0.15) is 33.6 Å². The molecule has 0 radical (unpaired) electrons. The monoisotopic (exact) mass is 231 g/mol. The number of amides is 1. The quantitative estimate of drug-likeness (QED) is 0.745. The third-order valence-electron chi connectivity index (χ3n) is 2.29. The first-order chi connectivity index (χ1) is 6.88. The summed E-state index contributed by atoms with van der Waals surface area (Å²) >= 11 is 1.89.